The second-order valence-electron chi connectivity index (χ2n) is 4.85. The van der Waals surface area contributed by atoms with Crippen LogP contribution in [0.5, 0.6) is 11.5 Å². The van der Waals surface area contributed by atoms with Crippen LogP contribution in [-0.4, -0.2) is 6.04 Å². The van der Waals surface area contributed by atoms with E-state index in [0.717, 1.165) is 17.9 Å². The average molecular weight is 310 g/mol. The molecule has 0 aliphatic rings. The molecule has 0 saturated carbocycles. The van der Waals surface area contributed by atoms with Crippen LogP contribution in [0.4, 0.5) is 0 Å². The van der Waals surface area contributed by atoms with Gasteiger partial charge >= 0.3 is 0 Å². The quantitative estimate of drug-likeness (QED) is 0.811. The minimum atomic E-state index is 0.420. The molecule has 2 nitrogen and oxygen atoms in total. The Balaban J connectivity index is 2.20. The van der Waals surface area contributed by atoms with Crippen LogP contribution in [0, 0.1) is 0 Å². The Kier molecular flexibility index (Phi) is 5.30. The Labute approximate surface area is 129 Å². The highest BCUT2D eigenvalue weighted by atomic mass is 35.5. The molecule has 0 unspecified atom stereocenters. The van der Waals surface area contributed by atoms with Crippen molar-refractivity contribution in [1.82, 2.24) is 5.32 Å². The smallest absolute Gasteiger partial charge is 0.131 e. The molecule has 0 saturated heterocycles. The van der Waals surface area contributed by atoms with Crippen LogP contribution in [0.1, 0.15) is 19.4 Å². The third-order valence-corrected chi connectivity index (χ3v) is 3.17. The van der Waals surface area contributed by atoms with Gasteiger partial charge in [0, 0.05) is 28.2 Å². The fourth-order valence-electron chi connectivity index (χ4n) is 1.78. The molecule has 0 bridgehead atoms. The Morgan fingerprint density at radius 1 is 1.05 bits per heavy atom. The fourth-order valence-corrected chi connectivity index (χ4v) is 2.28. The molecule has 4 heteroatoms. The van der Waals surface area contributed by atoms with Crippen LogP contribution in [-0.2, 0) is 6.54 Å². The van der Waals surface area contributed by atoms with Crippen molar-refractivity contribution in [2.75, 3.05) is 0 Å². The first-order valence-corrected chi connectivity index (χ1v) is 7.25. The van der Waals surface area contributed by atoms with E-state index in [4.69, 9.17) is 27.9 Å². The van der Waals surface area contributed by atoms with Gasteiger partial charge in [0.05, 0.1) is 0 Å². The van der Waals surface area contributed by atoms with Crippen LogP contribution in [0.15, 0.2) is 42.5 Å². The van der Waals surface area contributed by atoms with E-state index >= 15 is 0 Å². The molecule has 0 aliphatic heterocycles. The molecule has 0 spiro atoms. The van der Waals surface area contributed by atoms with Crippen molar-refractivity contribution >= 4 is 23.2 Å². The predicted molar refractivity (Wildman–Crippen MR) is 85.0 cm³/mol. The number of nitrogens with one attached hydrogen (secondary N) is 1. The summed E-state index contributed by atoms with van der Waals surface area (Å²) in [5.41, 5.74) is 1.09. The van der Waals surface area contributed by atoms with Gasteiger partial charge in [0.1, 0.15) is 11.5 Å². The van der Waals surface area contributed by atoms with E-state index < -0.39 is 0 Å². The zero-order valence-electron chi connectivity index (χ0n) is 11.5. The van der Waals surface area contributed by atoms with Crippen LogP contribution in [0.25, 0.3) is 0 Å². The Hall–Kier alpha value is -1.22. The number of benzene rings is 2. The van der Waals surface area contributed by atoms with Crippen LogP contribution < -0.4 is 10.1 Å². The van der Waals surface area contributed by atoms with Crippen LogP contribution >= 0.6 is 23.2 Å². The third-order valence-electron chi connectivity index (χ3n) is 2.74. The highest BCUT2D eigenvalue weighted by Crippen LogP contribution is 2.30. The lowest BCUT2D eigenvalue weighted by Crippen LogP contribution is -2.22. The van der Waals surface area contributed by atoms with Crippen molar-refractivity contribution < 1.29 is 4.74 Å². The maximum absolute atomic E-state index is 5.98. The van der Waals surface area contributed by atoms with Crippen LogP contribution in [0.2, 0.25) is 10.0 Å². The van der Waals surface area contributed by atoms with Gasteiger partial charge in [-0.25, -0.2) is 0 Å². The normalized spacial score (nSPS) is 10.8. The summed E-state index contributed by atoms with van der Waals surface area (Å²) in [6.45, 7) is 4.97. The number of hydrogen-bond acceptors (Lipinski definition) is 2. The van der Waals surface area contributed by atoms with Crippen molar-refractivity contribution in [1.29, 1.82) is 0 Å². The third kappa shape index (κ3) is 4.41. The van der Waals surface area contributed by atoms with E-state index in [0.29, 0.717) is 21.8 Å². The van der Waals surface area contributed by atoms with Crippen molar-refractivity contribution in [3.63, 3.8) is 0 Å². The van der Waals surface area contributed by atoms with Crippen molar-refractivity contribution in [2.24, 2.45) is 0 Å². The lowest BCUT2D eigenvalue weighted by Gasteiger charge is -2.13. The summed E-state index contributed by atoms with van der Waals surface area (Å²) in [6, 6.07) is 13.5. The second kappa shape index (κ2) is 6.98. The van der Waals surface area contributed by atoms with E-state index in [9.17, 15) is 0 Å². The number of para-hydroxylation sites is 1. The summed E-state index contributed by atoms with van der Waals surface area (Å²) in [4.78, 5) is 0. The number of rotatable bonds is 5. The molecule has 0 aromatic heterocycles. The minimum absolute atomic E-state index is 0.420. The second-order valence-corrected chi connectivity index (χ2v) is 5.72. The van der Waals surface area contributed by atoms with E-state index in [1.165, 1.54) is 0 Å². The lowest BCUT2D eigenvalue weighted by molar-refractivity contribution is 0.469. The number of halogens is 2. The van der Waals surface area contributed by atoms with Gasteiger partial charge < -0.3 is 10.1 Å². The first-order valence-electron chi connectivity index (χ1n) is 6.50. The van der Waals surface area contributed by atoms with E-state index in [2.05, 4.69) is 19.2 Å². The summed E-state index contributed by atoms with van der Waals surface area (Å²) < 4.78 is 5.89. The van der Waals surface area contributed by atoms with Crippen LogP contribution in [0.3, 0.4) is 0 Å². The fraction of sp³-hybridized carbons (Fsp3) is 0.250. The van der Waals surface area contributed by atoms with E-state index in [1.54, 1.807) is 18.2 Å². The standard InChI is InChI=1S/C16H17Cl2NO/c1-11(2)19-10-12-5-3-4-6-16(12)20-15-8-13(17)7-14(18)9-15/h3-9,11,19H,10H2,1-2H3. The molecule has 0 fully saturated rings. The van der Waals surface area contributed by atoms with E-state index in [-0.39, 0.29) is 0 Å². The summed E-state index contributed by atoms with van der Waals surface area (Å²) in [6.07, 6.45) is 0. The maximum atomic E-state index is 5.98. The number of ether oxygens (including phenoxy) is 1. The molecule has 0 aliphatic carbocycles. The Morgan fingerprint density at radius 3 is 2.35 bits per heavy atom. The molecule has 2 aromatic rings. The van der Waals surface area contributed by atoms with Gasteiger partial charge in [0.2, 0.25) is 0 Å². The first kappa shape index (κ1) is 15.2. The molecular formula is C16H17Cl2NO. The summed E-state index contributed by atoms with van der Waals surface area (Å²) >= 11 is 12.0. The average Bonchev–Trinajstić information content (AvgIpc) is 2.36. The molecule has 20 heavy (non-hydrogen) atoms. The van der Waals surface area contributed by atoms with Gasteiger partial charge in [-0.15, -0.1) is 0 Å². The molecule has 2 rings (SSSR count). The largest absolute Gasteiger partial charge is 0.457 e. The minimum Gasteiger partial charge on any atom is -0.457 e. The molecule has 0 heterocycles. The van der Waals surface area contributed by atoms with E-state index in [1.807, 2.05) is 24.3 Å². The predicted octanol–water partition coefficient (Wildman–Crippen LogP) is 5.28. The van der Waals surface area contributed by atoms with Gasteiger partial charge in [0.15, 0.2) is 0 Å². The summed E-state index contributed by atoms with van der Waals surface area (Å²) in [7, 11) is 0. The molecular weight excluding hydrogens is 293 g/mol. The van der Waals surface area contributed by atoms with Crippen molar-refractivity contribution in [3.8, 4) is 11.5 Å². The van der Waals surface area contributed by atoms with Gasteiger partial charge in [-0.3, -0.25) is 0 Å². The summed E-state index contributed by atoms with van der Waals surface area (Å²) in [5, 5.41) is 4.50. The lowest BCUT2D eigenvalue weighted by atomic mass is 10.2. The van der Waals surface area contributed by atoms with Crippen molar-refractivity contribution in [3.05, 3.63) is 58.1 Å². The Bertz CT molecular complexity index is 564. The molecule has 1 N–H and O–H groups in total. The molecule has 0 atom stereocenters. The first-order chi connectivity index (χ1) is 9.54. The van der Waals surface area contributed by atoms with Gasteiger partial charge in [0.25, 0.3) is 0 Å². The van der Waals surface area contributed by atoms with Gasteiger partial charge in [-0.2, -0.15) is 0 Å². The summed E-state index contributed by atoms with van der Waals surface area (Å²) in [5.74, 6) is 1.44. The SMILES string of the molecule is CC(C)NCc1ccccc1Oc1cc(Cl)cc(Cl)c1. The van der Waals surface area contributed by atoms with Crippen molar-refractivity contribution in [2.45, 2.75) is 26.4 Å². The number of hydrogen-bond donors (Lipinski definition) is 1. The zero-order chi connectivity index (χ0) is 14.5. The molecule has 106 valence electrons. The monoisotopic (exact) mass is 309 g/mol. The molecule has 2 aromatic carbocycles. The zero-order valence-corrected chi connectivity index (χ0v) is 13.0. The highest BCUT2D eigenvalue weighted by Gasteiger charge is 2.06. The van der Waals surface area contributed by atoms with Gasteiger partial charge in [-0.05, 0) is 24.3 Å². The maximum Gasteiger partial charge on any atom is 0.131 e. The Morgan fingerprint density at radius 2 is 1.70 bits per heavy atom. The molecule has 0 radical (unpaired) electrons. The topological polar surface area (TPSA) is 21.3 Å². The molecule has 0 amide bonds. The van der Waals surface area contributed by atoms with Gasteiger partial charge in [-0.1, -0.05) is 55.2 Å². The highest BCUT2D eigenvalue weighted by molar-refractivity contribution is 6.34.